The number of hydrogen-bond acceptors (Lipinski definition) is 3. The Morgan fingerprint density at radius 2 is 1.59 bits per heavy atom. The van der Waals surface area contributed by atoms with Crippen molar-refractivity contribution in [3.63, 3.8) is 0 Å². The molecule has 178 valence electrons. The van der Waals surface area contributed by atoms with Crippen LogP contribution in [0.3, 0.4) is 0 Å². The minimum absolute atomic E-state index is 0.0637. The standard InChI is InChI=1S/C28H31ClN2O3/c1-20(2)30-28(33)25(17-22-12-5-4-6-13-22)31(18-23-14-8-9-15-24(23)29)27(32)19-34-26-16-10-7-11-21(26)3/h4-16,20,25H,17-19H2,1-3H3,(H,30,33)/t25-/m0/s1. The van der Waals surface area contributed by atoms with Gasteiger partial charge in [0.2, 0.25) is 5.91 Å². The Labute approximate surface area is 206 Å². The number of nitrogens with zero attached hydrogens (tertiary/aromatic N) is 1. The predicted octanol–water partition coefficient (Wildman–Crippen LogP) is 5.19. The third kappa shape index (κ3) is 7.09. The molecule has 0 bridgehead atoms. The third-order valence-electron chi connectivity index (χ3n) is 5.45. The van der Waals surface area contributed by atoms with E-state index in [1.807, 2.05) is 93.6 Å². The van der Waals surface area contributed by atoms with Crippen LogP contribution >= 0.6 is 11.6 Å². The molecule has 2 amide bonds. The maximum Gasteiger partial charge on any atom is 0.261 e. The number of rotatable bonds is 10. The van der Waals surface area contributed by atoms with E-state index in [1.54, 1.807) is 11.0 Å². The molecule has 0 saturated carbocycles. The molecule has 0 aliphatic carbocycles. The molecule has 5 nitrogen and oxygen atoms in total. The smallest absolute Gasteiger partial charge is 0.261 e. The molecule has 0 aromatic heterocycles. The highest BCUT2D eigenvalue weighted by molar-refractivity contribution is 6.31. The van der Waals surface area contributed by atoms with Crippen LogP contribution in [-0.4, -0.2) is 35.4 Å². The number of halogens is 1. The van der Waals surface area contributed by atoms with Crippen molar-refractivity contribution in [1.29, 1.82) is 0 Å². The largest absolute Gasteiger partial charge is 0.484 e. The highest BCUT2D eigenvalue weighted by Gasteiger charge is 2.31. The van der Waals surface area contributed by atoms with Gasteiger partial charge in [0.05, 0.1) is 0 Å². The molecule has 0 fully saturated rings. The molecule has 0 radical (unpaired) electrons. The Hall–Kier alpha value is -3.31. The normalized spacial score (nSPS) is 11.7. The second-order valence-corrected chi connectivity index (χ2v) is 8.94. The van der Waals surface area contributed by atoms with E-state index in [2.05, 4.69) is 5.32 Å². The average Bonchev–Trinajstić information content (AvgIpc) is 2.82. The van der Waals surface area contributed by atoms with Gasteiger partial charge in [0, 0.05) is 24.0 Å². The number of benzene rings is 3. The lowest BCUT2D eigenvalue weighted by atomic mass is 10.0. The molecule has 0 unspecified atom stereocenters. The third-order valence-corrected chi connectivity index (χ3v) is 5.81. The second-order valence-electron chi connectivity index (χ2n) is 8.54. The SMILES string of the molecule is Cc1ccccc1OCC(=O)N(Cc1ccccc1Cl)[C@@H](Cc1ccccc1)C(=O)NC(C)C. The highest BCUT2D eigenvalue weighted by Crippen LogP contribution is 2.22. The van der Waals surface area contributed by atoms with Crippen LogP contribution < -0.4 is 10.1 Å². The Balaban J connectivity index is 1.93. The number of carbonyl (C=O) groups excluding carboxylic acids is 2. The first-order chi connectivity index (χ1) is 16.3. The number of para-hydroxylation sites is 1. The van der Waals surface area contributed by atoms with E-state index in [0.29, 0.717) is 17.2 Å². The van der Waals surface area contributed by atoms with E-state index >= 15 is 0 Å². The van der Waals surface area contributed by atoms with Crippen molar-refractivity contribution in [2.24, 2.45) is 0 Å². The van der Waals surface area contributed by atoms with Gasteiger partial charge in [-0.1, -0.05) is 78.3 Å². The van der Waals surface area contributed by atoms with Crippen molar-refractivity contribution in [3.05, 3.63) is 101 Å². The van der Waals surface area contributed by atoms with E-state index in [-0.39, 0.29) is 31.0 Å². The summed E-state index contributed by atoms with van der Waals surface area (Å²) in [5.41, 5.74) is 2.67. The maximum atomic E-state index is 13.5. The van der Waals surface area contributed by atoms with Crippen LogP contribution in [0.5, 0.6) is 5.75 Å². The Kier molecular flexibility index (Phi) is 9.11. The fraction of sp³-hybridized carbons (Fsp3) is 0.286. The van der Waals surface area contributed by atoms with Gasteiger partial charge in [0.1, 0.15) is 11.8 Å². The Morgan fingerprint density at radius 1 is 0.941 bits per heavy atom. The topological polar surface area (TPSA) is 58.6 Å². The van der Waals surface area contributed by atoms with Gasteiger partial charge >= 0.3 is 0 Å². The van der Waals surface area contributed by atoms with Crippen LogP contribution in [0.15, 0.2) is 78.9 Å². The molecule has 0 heterocycles. The van der Waals surface area contributed by atoms with Crippen molar-refractivity contribution >= 4 is 23.4 Å². The average molecular weight is 479 g/mol. The summed E-state index contributed by atoms with van der Waals surface area (Å²) in [6.07, 6.45) is 0.375. The van der Waals surface area contributed by atoms with Gasteiger partial charge in [-0.2, -0.15) is 0 Å². The number of amides is 2. The lowest BCUT2D eigenvalue weighted by Crippen LogP contribution is -2.52. The van der Waals surface area contributed by atoms with Crippen molar-refractivity contribution in [2.45, 2.75) is 45.8 Å². The van der Waals surface area contributed by atoms with Gasteiger partial charge in [-0.25, -0.2) is 0 Å². The Bertz CT molecular complexity index is 1100. The Morgan fingerprint density at radius 3 is 2.26 bits per heavy atom. The van der Waals surface area contributed by atoms with Gasteiger partial charge in [-0.15, -0.1) is 0 Å². The number of aryl methyl sites for hydroxylation is 1. The van der Waals surface area contributed by atoms with Crippen LogP contribution in [0.2, 0.25) is 5.02 Å². The van der Waals surface area contributed by atoms with Crippen LogP contribution in [0.1, 0.15) is 30.5 Å². The number of carbonyl (C=O) groups is 2. The summed E-state index contributed by atoms with van der Waals surface area (Å²) in [6, 6.07) is 23.8. The summed E-state index contributed by atoms with van der Waals surface area (Å²) in [5, 5.41) is 3.52. The lowest BCUT2D eigenvalue weighted by molar-refractivity contribution is -0.143. The number of hydrogen-bond donors (Lipinski definition) is 1. The van der Waals surface area contributed by atoms with Crippen LogP contribution in [0.25, 0.3) is 0 Å². The first kappa shape index (κ1) is 25.3. The molecule has 34 heavy (non-hydrogen) atoms. The molecule has 0 aliphatic rings. The maximum absolute atomic E-state index is 13.5. The van der Waals surface area contributed by atoms with Gasteiger partial charge < -0.3 is 15.0 Å². The van der Waals surface area contributed by atoms with Crippen LogP contribution in [-0.2, 0) is 22.6 Å². The van der Waals surface area contributed by atoms with E-state index in [1.165, 1.54) is 0 Å². The van der Waals surface area contributed by atoms with Crippen LogP contribution in [0.4, 0.5) is 0 Å². The second kappa shape index (κ2) is 12.2. The zero-order valence-corrected chi connectivity index (χ0v) is 20.6. The molecule has 0 spiro atoms. The zero-order valence-electron chi connectivity index (χ0n) is 19.8. The van der Waals surface area contributed by atoms with Gasteiger partial charge in [-0.05, 0) is 49.6 Å². The lowest BCUT2D eigenvalue weighted by Gasteiger charge is -2.32. The van der Waals surface area contributed by atoms with Gasteiger partial charge in [-0.3, -0.25) is 9.59 Å². The molecule has 3 aromatic rings. The molecule has 0 aliphatic heterocycles. The van der Waals surface area contributed by atoms with Crippen molar-refractivity contribution in [1.82, 2.24) is 10.2 Å². The molecular weight excluding hydrogens is 448 g/mol. The fourth-order valence-electron chi connectivity index (χ4n) is 3.69. The molecule has 3 rings (SSSR count). The first-order valence-electron chi connectivity index (χ1n) is 11.4. The summed E-state index contributed by atoms with van der Waals surface area (Å²) in [5.74, 6) is 0.137. The van der Waals surface area contributed by atoms with E-state index in [0.717, 1.165) is 16.7 Å². The predicted molar refractivity (Wildman–Crippen MR) is 136 cm³/mol. The van der Waals surface area contributed by atoms with Crippen molar-refractivity contribution in [2.75, 3.05) is 6.61 Å². The number of nitrogens with one attached hydrogen (secondary N) is 1. The minimum Gasteiger partial charge on any atom is -0.484 e. The molecule has 1 N–H and O–H groups in total. The van der Waals surface area contributed by atoms with E-state index in [4.69, 9.17) is 16.3 Å². The van der Waals surface area contributed by atoms with Crippen LogP contribution in [0, 0.1) is 6.92 Å². The minimum atomic E-state index is -0.728. The number of ether oxygens (including phenoxy) is 1. The summed E-state index contributed by atoms with van der Waals surface area (Å²) < 4.78 is 5.85. The molecule has 6 heteroatoms. The monoisotopic (exact) mass is 478 g/mol. The summed E-state index contributed by atoms with van der Waals surface area (Å²) in [7, 11) is 0. The summed E-state index contributed by atoms with van der Waals surface area (Å²) >= 11 is 6.43. The summed E-state index contributed by atoms with van der Waals surface area (Å²) in [4.78, 5) is 28.4. The fourth-order valence-corrected chi connectivity index (χ4v) is 3.88. The molecule has 3 aromatic carbocycles. The van der Waals surface area contributed by atoms with Crippen molar-refractivity contribution < 1.29 is 14.3 Å². The van der Waals surface area contributed by atoms with E-state index < -0.39 is 6.04 Å². The highest BCUT2D eigenvalue weighted by atomic mass is 35.5. The van der Waals surface area contributed by atoms with Crippen molar-refractivity contribution in [3.8, 4) is 5.75 Å². The molecule has 1 atom stereocenters. The van der Waals surface area contributed by atoms with Gasteiger partial charge in [0.15, 0.2) is 6.61 Å². The first-order valence-corrected chi connectivity index (χ1v) is 11.8. The summed E-state index contributed by atoms with van der Waals surface area (Å²) in [6.45, 7) is 5.74. The van der Waals surface area contributed by atoms with Gasteiger partial charge in [0.25, 0.3) is 5.91 Å². The quantitative estimate of drug-likeness (QED) is 0.436. The van der Waals surface area contributed by atoms with E-state index in [9.17, 15) is 9.59 Å². The zero-order chi connectivity index (χ0) is 24.5. The molecule has 0 saturated heterocycles. The molecular formula is C28H31ClN2O3.